The van der Waals surface area contributed by atoms with E-state index in [4.69, 9.17) is 0 Å². The van der Waals surface area contributed by atoms with E-state index in [-0.39, 0.29) is 6.42 Å². The summed E-state index contributed by atoms with van der Waals surface area (Å²) in [5.74, 6) is 0. The lowest BCUT2D eigenvalue weighted by molar-refractivity contribution is 0.199. The Bertz CT molecular complexity index is 395. The smallest absolute Gasteiger partial charge is 0.323 e. The zero-order chi connectivity index (χ0) is 18.1. The van der Waals surface area contributed by atoms with Crippen LogP contribution in [0.15, 0.2) is 0 Å². The van der Waals surface area contributed by atoms with Gasteiger partial charge in [-0.15, -0.1) is 0 Å². The first kappa shape index (κ1) is 23.3. The van der Waals surface area contributed by atoms with Gasteiger partial charge in [0, 0.05) is 0 Å². The molecule has 0 aliphatic carbocycles. The third kappa shape index (κ3) is 6.95. The van der Waals surface area contributed by atoms with E-state index in [1.165, 1.54) is 39.8 Å². The fourth-order valence-corrected chi connectivity index (χ4v) is 6.18. The largest absolute Gasteiger partial charge is 0.358 e. The van der Waals surface area contributed by atoms with Gasteiger partial charge in [-0.25, -0.2) is 0 Å². The van der Waals surface area contributed by atoms with Crippen molar-refractivity contribution in [1.29, 1.82) is 0 Å². The van der Waals surface area contributed by atoms with Gasteiger partial charge in [0.1, 0.15) is 0 Å². The third-order valence-corrected chi connectivity index (χ3v) is 8.94. The van der Waals surface area contributed by atoms with Crippen molar-refractivity contribution in [1.82, 2.24) is 4.90 Å². The van der Waals surface area contributed by atoms with Gasteiger partial charge < -0.3 is 19.6 Å². The molecular weight excluding hydrogens is 340 g/mol. The minimum atomic E-state index is -5.00. The molecule has 0 bridgehead atoms. The van der Waals surface area contributed by atoms with E-state index >= 15 is 0 Å². The maximum Gasteiger partial charge on any atom is 0.358 e. The van der Waals surface area contributed by atoms with Crippen LogP contribution in [0.2, 0.25) is 0 Å². The number of rotatable bonds is 13. The molecular formula is C14H33NO6P2. The van der Waals surface area contributed by atoms with E-state index < -0.39 is 20.2 Å². The fourth-order valence-electron chi connectivity index (χ4n) is 2.88. The lowest BCUT2D eigenvalue weighted by atomic mass is 10.1. The lowest BCUT2D eigenvalue weighted by Crippen LogP contribution is -2.43. The van der Waals surface area contributed by atoms with Crippen LogP contribution in [0, 0.1) is 0 Å². The molecule has 0 aromatic heterocycles. The average molecular weight is 373 g/mol. The molecule has 0 radical (unpaired) electrons. The fraction of sp³-hybridized carbons (Fsp3) is 1.00. The quantitative estimate of drug-likeness (QED) is 0.288. The zero-order valence-corrected chi connectivity index (χ0v) is 16.3. The van der Waals surface area contributed by atoms with Gasteiger partial charge in [-0.1, -0.05) is 64.7 Å². The molecule has 140 valence electrons. The minimum Gasteiger partial charge on any atom is -0.323 e. The Morgan fingerprint density at radius 3 is 1.39 bits per heavy atom. The van der Waals surface area contributed by atoms with Crippen molar-refractivity contribution >= 4 is 15.2 Å². The van der Waals surface area contributed by atoms with Crippen molar-refractivity contribution in [2.45, 2.75) is 76.2 Å². The van der Waals surface area contributed by atoms with Gasteiger partial charge in [-0.2, -0.15) is 0 Å². The standard InChI is InChI=1S/C14H33NO6P2/c1-4-5-6-7-8-9-10-11-12-13-14(15(2)3,22(16,17)18)23(19,20)21/h4-13H2,1-3H3,(H2,16,17,18)(H2,19,20,21). The molecule has 0 saturated carbocycles. The summed E-state index contributed by atoms with van der Waals surface area (Å²) in [4.78, 5) is 39.1. The summed E-state index contributed by atoms with van der Waals surface area (Å²) in [5.41, 5.74) is 0. The summed E-state index contributed by atoms with van der Waals surface area (Å²) in [6.07, 6.45) is 8.85. The molecule has 23 heavy (non-hydrogen) atoms. The van der Waals surface area contributed by atoms with Crippen LogP contribution in [0.1, 0.15) is 71.1 Å². The molecule has 0 aliphatic rings. The van der Waals surface area contributed by atoms with E-state index in [1.54, 1.807) is 0 Å². The van der Waals surface area contributed by atoms with Crippen molar-refractivity contribution in [2.75, 3.05) is 14.1 Å². The maximum absolute atomic E-state index is 11.8. The highest BCUT2D eigenvalue weighted by atomic mass is 31.2. The van der Waals surface area contributed by atoms with E-state index in [9.17, 15) is 28.7 Å². The lowest BCUT2D eigenvalue weighted by Gasteiger charge is -2.39. The van der Waals surface area contributed by atoms with Crippen molar-refractivity contribution < 1.29 is 28.7 Å². The van der Waals surface area contributed by atoms with E-state index in [2.05, 4.69) is 6.92 Å². The van der Waals surface area contributed by atoms with E-state index in [0.29, 0.717) is 12.8 Å². The van der Waals surface area contributed by atoms with Gasteiger partial charge in [-0.3, -0.25) is 14.0 Å². The maximum atomic E-state index is 11.8. The highest BCUT2D eigenvalue weighted by molar-refractivity contribution is 7.72. The van der Waals surface area contributed by atoms with Crippen LogP contribution in [-0.2, 0) is 9.13 Å². The summed E-state index contributed by atoms with van der Waals surface area (Å²) in [7, 11) is -7.40. The van der Waals surface area contributed by atoms with Crippen LogP contribution in [0.4, 0.5) is 0 Å². The molecule has 0 rings (SSSR count). The average Bonchev–Trinajstić information content (AvgIpc) is 2.37. The Morgan fingerprint density at radius 2 is 1.09 bits per heavy atom. The Balaban J connectivity index is 4.45. The van der Waals surface area contributed by atoms with Gasteiger partial charge in [0.15, 0.2) is 0 Å². The summed E-state index contributed by atoms with van der Waals surface area (Å²) >= 11 is 0. The monoisotopic (exact) mass is 373 g/mol. The predicted octanol–water partition coefficient (Wildman–Crippen LogP) is 3.48. The molecule has 7 nitrogen and oxygen atoms in total. The second kappa shape index (κ2) is 10.3. The SMILES string of the molecule is CCCCCCCCCCCC(N(C)C)(P(=O)(O)O)P(=O)(O)O. The highest BCUT2D eigenvalue weighted by Gasteiger charge is 2.61. The third-order valence-electron chi connectivity index (χ3n) is 4.26. The number of nitrogens with zero attached hydrogens (tertiary/aromatic N) is 1. The first-order valence-corrected chi connectivity index (χ1v) is 11.5. The Hall–Kier alpha value is 0.260. The summed E-state index contributed by atoms with van der Waals surface area (Å²) in [6.45, 7) is 2.17. The van der Waals surface area contributed by atoms with Crippen LogP contribution in [0.5, 0.6) is 0 Å². The van der Waals surface area contributed by atoms with E-state index in [0.717, 1.165) is 24.2 Å². The Morgan fingerprint density at radius 1 is 0.739 bits per heavy atom. The molecule has 0 amide bonds. The minimum absolute atomic E-state index is 0.218. The highest BCUT2D eigenvalue weighted by Crippen LogP contribution is 2.71. The van der Waals surface area contributed by atoms with Crippen LogP contribution in [0.25, 0.3) is 0 Å². The van der Waals surface area contributed by atoms with Crippen molar-refractivity contribution in [3.05, 3.63) is 0 Å². The molecule has 0 aliphatic heterocycles. The van der Waals surface area contributed by atoms with Crippen molar-refractivity contribution in [3.8, 4) is 0 Å². The van der Waals surface area contributed by atoms with Crippen LogP contribution >= 0.6 is 15.2 Å². The Labute approximate surface area is 139 Å². The molecule has 0 heterocycles. The van der Waals surface area contributed by atoms with Gasteiger partial charge >= 0.3 is 15.2 Å². The summed E-state index contributed by atoms with van der Waals surface area (Å²) in [6, 6.07) is 0. The normalized spacial score (nSPS) is 13.7. The first-order valence-electron chi connectivity index (χ1n) is 8.29. The molecule has 0 fully saturated rings. The first-order chi connectivity index (χ1) is 10.5. The molecule has 0 aromatic rings. The van der Waals surface area contributed by atoms with Crippen molar-refractivity contribution in [3.63, 3.8) is 0 Å². The topological polar surface area (TPSA) is 118 Å². The molecule has 0 atom stereocenters. The van der Waals surface area contributed by atoms with Gasteiger partial charge in [0.25, 0.3) is 0 Å². The molecule has 0 aromatic carbocycles. The molecule has 9 heteroatoms. The summed E-state index contributed by atoms with van der Waals surface area (Å²) < 4.78 is 23.5. The molecule has 0 spiro atoms. The van der Waals surface area contributed by atoms with Crippen LogP contribution < -0.4 is 0 Å². The van der Waals surface area contributed by atoms with Crippen LogP contribution in [-0.4, -0.2) is 43.6 Å². The molecule has 4 N–H and O–H groups in total. The number of unbranched alkanes of at least 4 members (excludes halogenated alkanes) is 8. The molecule has 0 saturated heterocycles. The zero-order valence-electron chi connectivity index (χ0n) is 14.5. The van der Waals surface area contributed by atoms with Gasteiger partial charge in [0.05, 0.1) is 0 Å². The van der Waals surface area contributed by atoms with Gasteiger partial charge in [-0.05, 0) is 20.5 Å². The van der Waals surface area contributed by atoms with Gasteiger partial charge in [0.2, 0.25) is 5.02 Å². The van der Waals surface area contributed by atoms with Crippen LogP contribution in [0.3, 0.4) is 0 Å². The molecule has 0 unspecified atom stereocenters. The number of hydrogen-bond acceptors (Lipinski definition) is 3. The van der Waals surface area contributed by atoms with E-state index in [1.807, 2.05) is 0 Å². The number of hydrogen-bond donors (Lipinski definition) is 4. The Kier molecular flexibility index (Phi) is 10.4. The second-order valence-electron chi connectivity index (χ2n) is 6.34. The predicted molar refractivity (Wildman–Crippen MR) is 92.4 cm³/mol. The summed E-state index contributed by atoms with van der Waals surface area (Å²) in [5, 5.41) is -2.42. The second-order valence-corrected chi connectivity index (χ2v) is 10.3. The van der Waals surface area contributed by atoms with Crippen molar-refractivity contribution in [2.24, 2.45) is 0 Å².